The van der Waals surface area contributed by atoms with Gasteiger partial charge in [0.15, 0.2) is 5.13 Å². The number of nitrogens with one attached hydrogen (secondary N) is 1. The topological polar surface area (TPSA) is 28.2 Å². The molecule has 21 heavy (non-hydrogen) atoms. The zero-order valence-electron chi connectivity index (χ0n) is 13.0. The molecule has 0 spiro atoms. The number of aryl methyl sites for hydroxylation is 1. The highest BCUT2D eigenvalue weighted by molar-refractivity contribution is 7.15. The summed E-state index contributed by atoms with van der Waals surface area (Å²) < 4.78 is 0. The minimum Gasteiger partial charge on any atom is -0.343 e. The second-order valence-corrected chi connectivity index (χ2v) is 7.04. The van der Waals surface area contributed by atoms with Crippen LogP contribution < -0.4 is 10.2 Å². The van der Waals surface area contributed by atoms with Gasteiger partial charge in [0, 0.05) is 30.6 Å². The first kappa shape index (κ1) is 14.5. The van der Waals surface area contributed by atoms with Crippen molar-refractivity contribution in [3.63, 3.8) is 0 Å². The molecule has 1 N–H and O–H groups in total. The van der Waals surface area contributed by atoms with Crippen molar-refractivity contribution in [1.82, 2.24) is 10.3 Å². The molecule has 1 aromatic carbocycles. The van der Waals surface area contributed by atoms with Crippen molar-refractivity contribution < 1.29 is 0 Å². The molecule has 0 aliphatic carbocycles. The van der Waals surface area contributed by atoms with Crippen molar-refractivity contribution in [2.45, 2.75) is 46.3 Å². The molecular weight excluding hydrogens is 278 g/mol. The first-order chi connectivity index (χ1) is 10.1. The SMILES string of the molecule is Cc1nc(N2CCc3ccccc3C2)sc1CNC(C)C. The fourth-order valence-corrected chi connectivity index (χ4v) is 3.70. The van der Waals surface area contributed by atoms with Gasteiger partial charge >= 0.3 is 0 Å². The number of rotatable bonds is 4. The van der Waals surface area contributed by atoms with Gasteiger partial charge in [-0.1, -0.05) is 38.1 Å². The Balaban J connectivity index is 1.75. The van der Waals surface area contributed by atoms with E-state index < -0.39 is 0 Å². The lowest BCUT2D eigenvalue weighted by atomic mass is 10.0. The van der Waals surface area contributed by atoms with E-state index in [-0.39, 0.29) is 0 Å². The molecule has 1 aliphatic rings. The summed E-state index contributed by atoms with van der Waals surface area (Å²) in [5.74, 6) is 0. The number of hydrogen-bond acceptors (Lipinski definition) is 4. The molecule has 0 amide bonds. The molecule has 2 aromatic rings. The summed E-state index contributed by atoms with van der Waals surface area (Å²) >= 11 is 1.83. The minimum absolute atomic E-state index is 0.511. The maximum atomic E-state index is 4.79. The number of nitrogens with zero attached hydrogens (tertiary/aromatic N) is 2. The summed E-state index contributed by atoms with van der Waals surface area (Å²) in [5, 5.41) is 4.66. The molecule has 0 saturated heterocycles. The molecule has 1 aliphatic heterocycles. The summed E-state index contributed by atoms with van der Waals surface area (Å²) in [6.07, 6.45) is 1.12. The zero-order chi connectivity index (χ0) is 14.8. The van der Waals surface area contributed by atoms with Crippen molar-refractivity contribution in [3.05, 3.63) is 46.0 Å². The Kier molecular flexibility index (Phi) is 4.27. The van der Waals surface area contributed by atoms with E-state index in [1.807, 2.05) is 11.3 Å². The smallest absolute Gasteiger partial charge is 0.186 e. The molecule has 112 valence electrons. The predicted octanol–water partition coefficient (Wildman–Crippen LogP) is 3.51. The van der Waals surface area contributed by atoms with E-state index in [0.717, 1.165) is 26.1 Å². The van der Waals surface area contributed by atoms with E-state index in [1.54, 1.807) is 0 Å². The average Bonchev–Trinajstić information content (AvgIpc) is 2.86. The maximum absolute atomic E-state index is 4.79. The lowest BCUT2D eigenvalue weighted by Crippen LogP contribution is -2.30. The van der Waals surface area contributed by atoms with Crippen LogP contribution in [0.25, 0.3) is 0 Å². The van der Waals surface area contributed by atoms with Crippen molar-refractivity contribution in [3.8, 4) is 0 Å². The Hall–Kier alpha value is -1.39. The lowest BCUT2D eigenvalue weighted by Gasteiger charge is -2.28. The molecule has 4 heteroatoms. The van der Waals surface area contributed by atoms with Gasteiger partial charge in [-0.15, -0.1) is 11.3 Å². The van der Waals surface area contributed by atoms with Crippen molar-refractivity contribution in [2.24, 2.45) is 0 Å². The van der Waals surface area contributed by atoms with Crippen LogP contribution in [-0.4, -0.2) is 17.6 Å². The van der Waals surface area contributed by atoms with Gasteiger partial charge in [-0.2, -0.15) is 0 Å². The van der Waals surface area contributed by atoms with Gasteiger partial charge in [0.2, 0.25) is 0 Å². The van der Waals surface area contributed by atoms with Gasteiger partial charge in [-0.25, -0.2) is 4.98 Å². The van der Waals surface area contributed by atoms with Crippen molar-refractivity contribution in [2.75, 3.05) is 11.4 Å². The summed E-state index contributed by atoms with van der Waals surface area (Å²) in [7, 11) is 0. The zero-order valence-corrected chi connectivity index (χ0v) is 13.8. The quantitative estimate of drug-likeness (QED) is 0.936. The number of aromatic nitrogens is 1. The van der Waals surface area contributed by atoms with E-state index >= 15 is 0 Å². The third kappa shape index (κ3) is 3.27. The number of benzene rings is 1. The van der Waals surface area contributed by atoms with Crippen LogP contribution in [0.4, 0.5) is 5.13 Å². The van der Waals surface area contributed by atoms with Crippen LogP contribution in [0.15, 0.2) is 24.3 Å². The molecule has 3 nitrogen and oxygen atoms in total. The monoisotopic (exact) mass is 301 g/mol. The second-order valence-electron chi connectivity index (χ2n) is 5.98. The highest BCUT2D eigenvalue weighted by Crippen LogP contribution is 2.30. The Morgan fingerprint density at radius 3 is 2.81 bits per heavy atom. The molecule has 0 saturated carbocycles. The fraction of sp³-hybridized carbons (Fsp3) is 0.471. The maximum Gasteiger partial charge on any atom is 0.186 e. The standard InChI is InChI=1S/C17H23N3S/c1-12(2)18-10-16-13(3)19-17(21-16)20-9-8-14-6-4-5-7-15(14)11-20/h4-7,12,18H,8-11H2,1-3H3. The van der Waals surface area contributed by atoms with Crippen molar-refractivity contribution in [1.29, 1.82) is 0 Å². The molecule has 0 radical (unpaired) electrons. The second kappa shape index (κ2) is 6.16. The summed E-state index contributed by atoms with van der Waals surface area (Å²) in [5.41, 5.74) is 4.10. The summed E-state index contributed by atoms with van der Waals surface area (Å²) in [4.78, 5) is 8.56. The van der Waals surface area contributed by atoms with E-state index in [9.17, 15) is 0 Å². The first-order valence-electron chi connectivity index (χ1n) is 7.65. The van der Waals surface area contributed by atoms with Crippen LogP contribution in [0, 0.1) is 6.92 Å². The van der Waals surface area contributed by atoms with Gasteiger partial charge < -0.3 is 10.2 Å². The number of fused-ring (bicyclic) bond motifs is 1. The number of anilines is 1. The number of thiazole rings is 1. The molecule has 0 fully saturated rings. The molecule has 0 unspecified atom stereocenters. The van der Waals surface area contributed by atoms with Crippen molar-refractivity contribution >= 4 is 16.5 Å². The van der Waals surface area contributed by atoms with Crippen LogP contribution in [0.5, 0.6) is 0 Å². The molecule has 2 heterocycles. The van der Waals surface area contributed by atoms with Gasteiger partial charge in [0.1, 0.15) is 0 Å². The third-order valence-electron chi connectivity index (χ3n) is 3.95. The molecule has 0 atom stereocenters. The van der Waals surface area contributed by atoms with Gasteiger partial charge in [-0.05, 0) is 24.5 Å². The summed E-state index contributed by atoms with van der Waals surface area (Å²) in [6.45, 7) is 9.46. The fourth-order valence-electron chi connectivity index (χ4n) is 2.67. The van der Waals surface area contributed by atoms with Gasteiger partial charge in [0.25, 0.3) is 0 Å². The van der Waals surface area contributed by atoms with Gasteiger partial charge in [-0.3, -0.25) is 0 Å². The molecule has 3 rings (SSSR count). The Labute approximate surface area is 131 Å². The highest BCUT2D eigenvalue weighted by atomic mass is 32.1. The predicted molar refractivity (Wildman–Crippen MR) is 90.0 cm³/mol. The molecule has 0 bridgehead atoms. The molecule has 1 aromatic heterocycles. The minimum atomic E-state index is 0.511. The Bertz CT molecular complexity index is 618. The third-order valence-corrected chi connectivity index (χ3v) is 5.17. The van der Waals surface area contributed by atoms with Crippen LogP contribution in [0.1, 0.15) is 35.5 Å². The average molecular weight is 301 g/mol. The normalized spacial score (nSPS) is 14.6. The van der Waals surface area contributed by atoms with Crippen LogP contribution in [0.2, 0.25) is 0 Å². The van der Waals surface area contributed by atoms with E-state index in [2.05, 4.69) is 55.3 Å². The molecular formula is C17H23N3S. The Morgan fingerprint density at radius 2 is 2.05 bits per heavy atom. The lowest BCUT2D eigenvalue weighted by molar-refractivity contribution is 0.591. The van der Waals surface area contributed by atoms with Crippen LogP contribution in [-0.2, 0) is 19.5 Å². The number of hydrogen-bond donors (Lipinski definition) is 1. The van der Waals surface area contributed by atoms with Crippen LogP contribution >= 0.6 is 11.3 Å². The van der Waals surface area contributed by atoms with E-state index in [4.69, 9.17) is 4.98 Å². The largest absolute Gasteiger partial charge is 0.343 e. The van der Waals surface area contributed by atoms with Crippen LogP contribution in [0.3, 0.4) is 0 Å². The highest BCUT2D eigenvalue weighted by Gasteiger charge is 2.19. The van der Waals surface area contributed by atoms with E-state index in [1.165, 1.54) is 26.8 Å². The Morgan fingerprint density at radius 1 is 1.29 bits per heavy atom. The first-order valence-corrected chi connectivity index (χ1v) is 8.46. The van der Waals surface area contributed by atoms with Gasteiger partial charge in [0.05, 0.1) is 5.69 Å². The van der Waals surface area contributed by atoms with E-state index in [0.29, 0.717) is 6.04 Å². The summed E-state index contributed by atoms with van der Waals surface area (Å²) in [6, 6.07) is 9.27.